The van der Waals surface area contributed by atoms with Gasteiger partial charge in [0, 0.05) is 32.4 Å². The summed E-state index contributed by atoms with van der Waals surface area (Å²) in [5, 5.41) is 13.5. The van der Waals surface area contributed by atoms with E-state index in [9.17, 15) is 31.5 Å². The minimum Gasteiger partial charge on any atom is -0.406 e. The average molecular weight is 562 g/mol. The first-order valence-corrected chi connectivity index (χ1v) is 11.7. The van der Waals surface area contributed by atoms with Crippen LogP contribution in [-0.4, -0.2) is 81.6 Å². The van der Waals surface area contributed by atoms with Crippen LogP contribution in [0.15, 0.2) is 42.4 Å². The molecule has 1 saturated heterocycles. The molecule has 1 aliphatic heterocycles. The Labute approximate surface area is 219 Å². The monoisotopic (exact) mass is 561 g/mol. The van der Waals surface area contributed by atoms with Gasteiger partial charge in [-0.2, -0.15) is 0 Å². The van der Waals surface area contributed by atoms with Crippen LogP contribution in [0.3, 0.4) is 0 Å². The predicted molar refractivity (Wildman–Crippen MR) is 128 cm³/mol. The van der Waals surface area contributed by atoms with Crippen molar-refractivity contribution in [2.45, 2.75) is 38.2 Å². The summed E-state index contributed by atoms with van der Waals surface area (Å²) >= 11 is 0. The number of nitrogens with zero attached hydrogens (tertiary/aromatic N) is 5. The van der Waals surface area contributed by atoms with Crippen LogP contribution in [0.2, 0.25) is 0 Å². The molecule has 1 fully saturated rings. The van der Waals surface area contributed by atoms with E-state index in [1.807, 2.05) is 0 Å². The van der Waals surface area contributed by atoms with E-state index in [0.717, 1.165) is 23.3 Å². The third kappa shape index (κ3) is 10.4. The normalized spacial score (nSPS) is 15.4. The minimum atomic E-state index is -4.84. The summed E-state index contributed by atoms with van der Waals surface area (Å²) < 4.78 is 69.3. The van der Waals surface area contributed by atoms with Crippen molar-refractivity contribution < 1.29 is 36.3 Å². The lowest BCUT2D eigenvalue weighted by Crippen LogP contribution is -2.51. The Hall–Kier alpha value is -3.99. The van der Waals surface area contributed by atoms with E-state index in [2.05, 4.69) is 25.7 Å². The first-order valence-electron chi connectivity index (χ1n) is 11.7. The highest BCUT2D eigenvalue weighted by Gasteiger charge is 2.31. The number of hydrogen-bond donors (Lipinski definition) is 4. The highest BCUT2D eigenvalue weighted by atomic mass is 19.4. The molecule has 17 heteroatoms. The molecule has 39 heavy (non-hydrogen) atoms. The van der Waals surface area contributed by atoms with Crippen molar-refractivity contribution >= 4 is 17.6 Å². The standard InChI is InChI=1S/C22H28F5N9O3/c23-15(10-36-12-19(32-33-36)31-20(37)13-34-8-16(24)9-34)4-5-35(29)11-18(28)21(38)30-7-14-2-1-3-17(6-14)39-22(25,26)27/h1-3,6,11-12,15-16H,4-5,7-10,13,28-29H2,(H,30,38)(H,31,37)/b18-11-. The van der Waals surface area contributed by atoms with Gasteiger partial charge in [0.1, 0.15) is 23.8 Å². The molecule has 6 N–H and O–H groups in total. The Bertz CT molecular complexity index is 1150. The SMILES string of the molecule is N/C(=C\N(N)CCC(F)Cn1cc(NC(=O)CN2CC(F)C2)nn1)C(=O)NCc1cccc(OC(F)(F)F)c1. The van der Waals surface area contributed by atoms with Crippen molar-refractivity contribution in [3.63, 3.8) is 0 Å². The fourth-order valence-electron chi connectivity index (χ4n) is 3.49. The molecule has 3 rings (SSSR count). The zero-order valence-corrected chi connectivity index (χ0v) is 20.6. The van der Waals surface area contributed by atoms with Gasteiger partial charge in [-0.25, -0.2) is 19.3 Å². The number of hydrogen-bond acceptors (Lipinski definition) is 9. The van der Waals surface area contributed by atoms with Gasteiger partial charge in [-0.15, -0.1) is 18.3 Å². The predicted octanol–water partition coefficient (Wildman–Crippen LogP) is 0.789. The van der Waals surface area contributed by atoms with Gasteiger partial charge in [-0.1, -0.05) is 17.3 Å². The largest absolute Gasteiger partial charge is 0.573 e. The second-order valence-electron chi connectivity index (χ2n) is 8.75. The summed E-state index contributed by atoms with van der Waals surface area (Å²) in [5.41, 5.74) is 5.74. The number of benzene rings is 1. The van der Waals surface area contributed by atoms with Crippen LogP contribution < -0.4 is 26.9 Å². The first kappa shape index (κ1) is 29.6. The molecule has 0 spiro atoms. The molecule has 12 nitrogen and oxygen atoms in total. The number of anilines is 1. The maximum Gasteiger partial charge on any atom is 0.573 e. The third-order valence-electron chi connectivity index (χ3n) is 5.32. The summed E-state index contributed by atoms with van der Waals surface area (Å²) in [4.78, 5) is 25.7. The zero-order chi connectivity index (χ0) is 28.6. The number of aromatic nitrogens is 3. The molecule has 214 valence electrons. The minimum absolute atomic E-state index is 0.0180. The third-order valence-corrected chi connectivity index (χ3v) is 5.32. The molecule has 0 radical (unpaired) electrons. The smallest absolute Gasteiger partial charge is 0.406 e. The number of carbonyl (C=O) groups is 2. The number of alkyl halides is 5. The highest BCUT2D eigenvalue weighted by Crippen LogP contribution is 2.23. The topological polar surface area (TPSA) is 157 Å². The lowest BCUT2D eigenvalue weighted by Gasteiger charge is -2.33. The van der Waals surface area contributed by atoms with Crippen molar-refractivity contribution in [1.29, 1.82) is 0 Å². The number of nitrogens with two attached hydrogens (primary N) is 2. The second kappa shape index (κ2) is 13.2. The van der Waals surface area contributed by atoms with Crippen molar-refractivity contribution in [3.8, 4) is 5.75 Å². The van der Waals surface area contributed by atoms with Gasteiger partial charge in [0.25, 0.3) is 5.91 Å². The number of halogens is 5. The van der Waals surface area contributed by atoms with Crippen LogP contribution in [0.25, 0.3) is 0 Å². The van der Waals surface area contributed by atoms with Gasteiger partial charge in [0.2, 0.25) is 5.91 Å². The van der Waals surface area contributed by atoms with E-state index in [4.69, 9.17) is 11.6 Å². The molecule has 2 amide bonds. The quantitative estimate of drug-likeness (QED) is 0.120. The summed E-state index contributed by atoms with van der Waals surface area (Å²) in [5.74, 6) is 4.34. The van der Waals surface area contributed by atoms with E-state index in [0.29, 0.717) is 5.56 Å². The van der Waals surface area contributed by atoms with Gasteiger partial charge < -0.3 is 26.1 Å². The van der Waals surface area contributed by atoms with Gasteiger partial charge in [-0.3, -0.25) is 14.5 Å². The van der Waals surface area contributed by atoms with Gasteiger partial charge >= 0.3 is 6.36 Å². The molecule has 0 saturated carbocycles. The maximum atomic E-state index is 14.4. The molecule has 1 aromatic carbocycles. The van der Waals surface area contributed by atoms with E-state index >= 15 is 0 Å². The summed E-state index contributed by atoms with van der Waals surface area (Å²) in [6.45, 7) is 0.0943. The van der Waals surface area contributed by atoms with Crippen LogP contribution in [0.1, 0.15) is 12.0 Å². The Morgan fingerprint density at radius 3 is 2.74 bits per heavy atom. The van der Waals surface area contributed by atoms with Crippen LogP contribution in [-0.2, 0) is 22.7 Å². The number of nitrogens with one attached hydrogen (secondary N) is 2. The Balaban J connectivity index is 1.37. The lowest BCUT2D eigenvalue weighted by molar-refractivity contribution is -0.274. The Morgan fingerprint density at radius 2 is 2.05 bits per heavy atom. The number of hydrazine groups is 1. The summed E-state index contributed by atoms with van der Waals surface area (Å²) in [6.07, 6.45) is -4.78. The van der Waals surface area contributed by atoms with Crippen molar-refractivity contribution in [3.05, 3.63) is 47.9 Å². The highest BCUT2D eigenvalue weighted by molar-refractivity contribution is 5.92. The van der Waals surface area contributed by atoms with Crippen LogP contribution in [0, 0.1) is 0 Å². The van der Waals surface area contributed by atoms with E-state index in [1.54, 1.807) is 4.90 Å². The van der Waals surface area contributed by atoms with Crippen molar-refractivity contribution in [2.75, 3.05) is 31.5 Å². The molecule has 2 heterocycles. The van der Waals surface area contributed by atoms with Crippen LogP contribution in [0.4, 0.5) is 27.8 Å². The van der Waals surface area contributed by atoms with Crippen LogP contribution >= 0.6 is 0 Å². The van der Waals surface area contributed by atoms with E-state index in [1.165, 1.54) is 23.0 Å². The average Bonchev–Trinajstić information content (AvgIpc) is 3.25. The number of ether oxygens (including phenoxy) is 1. The van der Waals surface area contributed by atoms with Gasteiger partial charge in [0.05, 0.1) is 19.3 Å². The lowest BCUT2D eigenvalue weighted by atomic mass is 10.2. The number of likely N-dealkylation sites (tertiary alicyclic amines) is 1. The molecule has 1 unspecified atom stereocenters. The maximum absolute atomic E-state index is 14.4. The summed E-state index contributed by atoms with van der Waals surface area (Å²) in [6, 6.07) is 5.06. The summed E-state index contributed by atoms with van der Waals surface area (Å²) in [7, 11) is 0. The molecule has 0 aliphatic carbocycles. The molecular formula is C22H28F5N9O3. The molecular weight excluding hydrogens is 533 g/mol. The molecule has 1 atom stereocenters. The number of amides is 2. The fraction of sp³-hybridized carbons (Fsp3) is 0.455. The van der Waals surface area contributed by atoms with Crippen LogP contribution in [0.5, 0.6) is 5.75 Å². The van der Waals surface area contributed by atoms with E-state index < -0.39 is 30.4 Å². The number of rotatable bonds is 13. The Morgan fingerprint density at radius 1 is 1.31 bits per heavy atom. The van der Waals surface area contributed by atoms with Crippen molar-refractivity contribution in [2.24, 2.45) is 11.6 Å². The zero-order valence-electron chi connectivity index (χ0n) is 20.6. The first-order chi connectivity index (χ1) is 18.4. The second-order valence-corrected chi connectivity index (χ2v) is 8.75. The molecule has 1 aliphatic rings. The molecule has 1 aromatic heterocycles. The van der Waals surface area contributed by atoms with E-state index in [-0.39, 0.29) is 63.1 Å². The van der Waals surface area contributed by atoms with Gasteiger partial charge in [-0.05, 0) is 24.1 Å². The molecule has 2 aromatic rings. The van der Waals surface area contributed by atoms with Gasteiger partial charge in [0.15, 0.2) is 5.82 Å². The Kier molecular flexibility index (Phi) is 10.00. The van der Waals surface area contributed by atoms with Crippen molar-refractivity contribution in [1.82, 2.24) is 30.2 Å². The number of carbonyl (C=O) groups excluding carboxylic acids is 2. The molecule has 0 bridgehead atoms. The fourth-order valence-corrected chi connectivity index (χ4v) is 3.49.